The van der Waals surface area contributed by atoms with Crippen LogP contribution in [0.1, 0.15) is 33.3 Å². The van der Waals surface area contributed by atoms with Gasteiger partial charge in [0.2, 0.25) is 5.95 Å². The zero-order valence-corrected chi connectivity index (χ0v) is 14.7. The van der Waals surface area contributed by atoms with Gasteiger partial charge in [-0.3, -0.25) is 14.5 Å². The Morgan fingerprint density at radius 1 is 1.25 bits per heavy atom. The topological polar surface area (TPSA) is 84.6 Å². The second-order valence-corrected chi connectivity index (χ2v) is 6.89. The number of hydrogen-bond donors (Lipinski definition) is 1. The van der Waals surface area contributed by atoms with E-state index >= 15 is 0 Å². The van der Waals surface area contributed by atoms with Crippen molar-refractivity contribution in [3.05, 3.63) is 34.5 Å². The lowest BCUT2D eigenvalue weighted by molar-refractivity contribution is 0.366. The molecule has 0 aromatic carbocycles. The highest BCUT2D eigenvalue weighted by Crippen LogP contribution is 2.20. The van der Waals surface area contributed by atoms with E-state index in [2.05, 4.69) is 20.2 Å². The van der Waals surface area contributed by atoms with E-state index in [1.54, 1.807) is 15.6 Å². The van der Waals surface area contributed by atoms with Gasteiger partial charge >= 0.3 is 0 Å². The molecular weight excluding hydrogens is 306 g/mol. The van der Waals surface area contributed by atoms with E-state index in [0.717, 1.165) is 5.56 Å². The monoisotopic (exact) mass is 329 g/mol. The fourth-order valence-electron chi connectivity index (χ4n) is 2.66. The van der Waals surface area contributed by atoms with Crippen LogP contribution in [0.15, 0.2) is 23.4 Å². The van der Waals surface area contributed by atoms with Crippen LogP contribution in [-0.4, -0.2) is 36.1 Å². The number of nitrogens with zero attached hydrogens (tertiary/aromatic N) is 6. The SMILES string of the molecule is CCN(Cc1cnn(C)c1)c1nc2c(cnn2C(C)(C)C)c(=O)[nH]1. The van der Waals surface area contributed by atoms with E-state index in [0.29, 0.717) is 30.1 Å². The number of H-pyrrole nitrogens is 1. The summed E-state index contributed by atoms with van der Waals surface area (Å²) in [6.07, 6.45) is 5.35. The maximum atomic E-state index is 12.4. The van der Waals surface area contributed by atoms with Crippen LogP contribution in [0.25, 0.3) is 11.0 Å². The maximum absolute atomic E-state index is 12.4. The molecule has 0 atom stereocenters. The van der Waals surface area contributed by atoms with Gasteiger partial charge in [0.15, 0.2) is 5.65 Å². The smallest absolute Gasteiger partial charge is 0.263 e. The van der Waals surface area contributed by atoms with E-state index in [1.165, 1.54) is 0 Å². The van der Waals surface area contributed by atoms with E-state index in [4.69, 9.17) is 0 Å². The van der Waals surface area contributed by atoms with E-state index in [-0.39, 0.29) is 11.1 Å². The van der Waals surface area contributed by atoms with Crippen molar-refractivity contribution in [2.75, 3.05) is 11.4 Å². The van der Waals surface area contributed by atoms with Gasteiger partial charge in [0.1, 0.15) is 5.39 Å². The third-order valence-corrected chi connectivity index (χ3v) is 3.87. The molecular formula is C16H23N7O. The normalized spacial score (nSPS) is 12.0. The number of rotatable bonds is 4. The Morgan fingerprint density at radius 2 is 2.00 bits per heavy atom. The van der Waals surface area contributed by atoms with Crippen molar-refractivity contribution >= 4 is 17.0 Å². The Balaban J connectivity index is 2.06. The van der Waals surface area contributed by atoms with Gasteiger partial charge in [-0.15, -0.1) is 0 Å². The standard InChI is InChI=1S/C16H23N7O/c1-6-22(10-11-7-17-21(5)9-11)15-19-13-12(14(24)20-15)8-18-23(13)16(2,3)4/h7-9H,6,10H2,1-5H3,(H,19,20,24). The lowest BCUT2D eigenvalue weighted by atomic mass is 10.1. The number of aryl methyl sites for hydroxylation is 1. The molecule has 0 fully saturated rings. The van der Waals surface area contributed by atoms with Crippen LogP contribution >= 0.6 is 0 Å². The first kappa shape index (κ1) is 16.2. The molecule has 8 nitrogen and oxygen atoms in total. The van der Waals surface area contributed by atoms with Gasteiger partial charge < -0.3 is 4.90 Å². The first-order valence-electron chi connectivity index (χ1n) is 8.00. The molecule has 3 aromatic heterocycles. The Hall–Kier alpha value is -2.64. The van der Waals surface area contributed by atoms with Crippen LogP contribution < -0.4 is 10.5 Å². The molecule has 128 valence electrons. The first-order valence-corrected chi connectivity index (χ1v) is 8.00. The maximum Gasteiger partial charge on any atom is 0.263 e. The van der Waals surface area contributed by atoms with Crippen LogP contribution in [0, 0.1) is 0 Å². The quantitative estimate of drug-likeness (QED) is 0.786. The second kappa shape index (κ2) is 5.77. The highest BCUT2D eigenvalue weighted by atomic mass is 16.1. The summed E-state index contributed by atoms with van der Waals surface area (Å²) in [5.74, 6) is 0.546. The molecule has 8 heteroatoms. The van der Waals surface area contributed by atoms with Crippen LogP contribution in [0.4, 0.5) is 5.95 Å². The van der Waals surface area contributed by atoms with E-state index in [1.807, 2.05) is 52.0 Å². The molecule has 3 aromatic rings. The molecule has 0 aliphatic rings. The lowest BCUT2D eigenvalue weighted by Crippen LogP contribution is -2.28. The third-order valence-electron chi connectivity index (χ3n) is 3.87. The number of nitrogens with one attached hydrogen (secondary N) is 1. The highest BCUT2D eigenvalue weighted by molar-refractivity contribution is 5.74. The van der Waals surface area contributed by atoms with Crippen molar-refractivity contribution in [2.45, 2.75) is 39.8 Å². The fourth-order valence-corrected chi connectivity index (χ4v) is 2.66. The number of aromatic nitrogens is 6. The number of anilines is 1. The minimum Gasteiger partial charge on any atom is -0.338 e. The Bertz CT molecular complexity index is 913. The summed E-state index contributed by atoms with van der Waals surface area (Å²) in [7, 11) is 1.88. The van der Waals surface area contributed by atoms with Gasteiger partial charge in [-0.1, -0.05) is 0 Å². The summed E-state index contributed by atoms with van der Waals surface area (Å²) in [6, 6.07) is 0. The predicted molar refractivity (Wildman–Crippen MR) is 93.1 cm³/mol. The zero-order chi connectivity index (χ0) is 17.5. The summed E-state index contributed by atoms with van der Waals surface area (Å²) >= 11 is 0. The Morgan fingerprint density at radius 3 is 2.58 bits per heavy atom. The summed E-state index contributed by atoms with van der Waals surface area (Å²) in [5, 5.41) is 9.04. The van der Waals surface area contributed by atoms with Crippen molar-refractivity contribution in [1.82, 2.24) is 29.5 Å². The number of aromatic amines is 1. The van der Waals surface area contributed by atoms with Gasteiger partial charge in [0, 0.05) is 31.9 Å². The molecule has 0 bridgehead atoms. The molecule has 1 N–H and O–H groups in total. The van der Waals surface area contributed by atoms with E-state index < -0.39 is 0 Å². The van der Waals surface area contributed by atoms with Crippen molar-refractivity contribution in [1.29, 1.82) is 0 Å². The minimum absolute atomic E-state index is 0.171. The third kappa shape index (κ3) is 2.91. The van der Waals surface area contributed by atoms with Crippen LogP contribution in [0.2, 0.25) is 0 Å². The summed E-state index contributed by atoms with van der Waals surface area (Å²) in [5.41, 5.74) is 1.24. The van der Waals surface area contributed by atoms with Gasteiger partial charge in [0.05, 0.1) is 17.9 Å². The van der Waals surface area contributed by atoms with Crippen molar-refractivity contribution < 1.29 is 0 Å². The molecule has 3 rings (SSSR count). The van der Waals surface area contributed by atoms with Gasteiger partial charge in [-0.05, 0) is 27.7 Å². The van der Waals surface area contributed by atoms with Gasteiger partial charge in [-0.25, -0.2) is 4.68 Å². The molecule has 0 spiro atoms. The molecule has 0 aliphatic carbocycles. The first-order chi connectivity index (χ1) is 11.3. The van der Waals surface area contributed by atoms with Gasteiger partial charge in [-0.2, -0.15) is 15.2 Å². The zero-order valence-electron chi connectivity index (χ0n) is 14.7. The molecule has 0 saturated carbocycles. The lowest BCUT2D eigenvalue weighted by Gasteiger charge is -2.22. The Labute approximate surface area is 140 Å². The van der Waals surface area contributed by atoms with Gasteiger partial charge in [0.25, 0.3) is 5.56 Å². The summed E-state index contributed by atoms with van der Waals surface area (Å²) in [6.45, 7) is 9.48. The average Bonchev–Trinajstić information content (AvgIpc) is 3.10. The molecule has 0 saturated heterocycles. The van der Waals surface area contributed by atoms with Crippen molar-refractivity contribution in [3.63, 3.8) is 0 Å². The van der Waals surface area contributed by atoms with Crippen LogP contribution in [0.5, 0.6) is 0 Å². The molecule has 0 radical (unpaired) electrons. The fraction of sp³-hybridized carbons (Fsp3) is 0.500. The minimum atomic E-state index is -0.250. The summed E-state index contributed by atoms with van der Waals surface area (Å²) in [4.78, 5) is 22.0. The number of hydrogen-bond acceptors (Lipinski definition) is 5. The van der Waals surface area contributed by atoms with Crippen molar-refractivity contribution in [2.24, 2.45) is 7.05 Å². The van der Waals surface area contributed by atoms with E-state index in [9.17, 15) is 4.79 Å². The largest absolute Gasteiger partial charge is 0.338 e. The second-order valence-electron chi connectivity index (χ2n) is 6.89. The number of fused-ring (bicyclic) bond motifs is 1. The average molecular weight is 329 g/mol. The Kier molecular flexibility index (Phi) is 3.90. The summed E-state index contributed by atoms with van der Waals surface area (Å²) < 4.78 is 3.55. The molecule has 0 aliphatic heterocycles. The van der Waals surface area contributed by atoms with Crippen molar-refractivity contribution in [3.8, 4) is 0 Å². The highest BCUT2D eigenvalue weighted by Gasteiger charge is 2.21. The molecule has 24 heavy (non-hydrogen) atoms. The van der Waals surface area contributed by atoms with Crippen LogP contribution in [0.3, 0.4) is 0 Å². The predicted octanol–water partition coefficient (Wildman–Crippen LogP) is 1.63. The molecule has 0 amide bonds. The molecule has 0 unspecified atom stereocenters. The van der Waals surface area contributed by atoms with Crippen LogP contribution in [-0.2, 0) is 19.1 Å². The molecule has 3 heterocycles.